The summed E-state index contributed by atoms with van der Waals surface area (Å²) < 4.78 is 0. The fraction of sp³-hybridized carbons (Fsp3) is 0.333. The van der Waals surface area contributed by atoms with Crippen LogP contribution in [-0.4, -0.2) is 10.2 Å². The lowest BCUT2D eigenvalue weighted by molar-refractivity contribution is 0.892. The van der Waals surface area contributed by atoms with Gasteiger partial charge in [-0.15, -0.1) is 0 Å². The van der Waals surface area contributed by atoms with E-state index in [9.17, 15) is 4.79 Å². The minimum absolute atomic E-state index is 0.202. The molecule has 0 aromatic carbocycles. The van der Waals surface area contributed by atoms with Crippen molar-refractivity contribution >= 4 is 0 Å². The minimum atomic E-state index is -0.202. The van der Waals surface area contributed by atoms with Gasteiger partial charge in [0.15, 0.2) is 0 Å². The first-order valence-corrected chi connectivity index (χ1v) is 2.79. The number of aromatic amines is 1. The number of nitrogens with one attached hydrogen (secondary N) is 1. The molecule has 0 fully saturated rings. The van der Waals surface area contributed by atoms with Crippen LogP contribution in [0.4, 0.5) is 0 Å². The Morgan fingerprint density at radius 1 is 1.89 bits per heavy atom. The summed E-state index contributed by atoms with van der Waals surface area (Å²) >= 11 is 0. The number of aromatic nitrogens is 2. The average Bonchev–Trinajstić information content (AvgIpc) is 1.90. The maximum absolute atomic E-state index is 10.4. The van der Waals surface area contributed by atoms with Crippen molar-refractivity contribution in [1.82, 2.24) is 10.2 Å². The Kier molecular flexibility index (Phi) is 1.63. The second kappa shape index (κ2) is 2.44. The SMILES string of the molecule is CCc1[c]cc(=O)[nH]n1. The van der Waals surface area contributed by atoms with Crippen LogP contribution in [0.3, 0.4) is 0 Å². The lowest BCUT2D eigenvalue weighted by Crippen LogP contribution is -2.06. The van der Waals surface area contributed by atoms with Crippen LogP contribution >= 0.6 is 0 Å². The third-order valence-corrected chi connectivity index (χ3v) is 1.01. The quantitative estimate of drug-likeness (QED) is 0.577. The zero-order valence-electron chi connectivity index (χ0n) is 5.14. The van der Waals surface area contributed by atoms with E-state index in [-0.39, 0.29) is 5.56 Å². The Hall–Kier alpha value is -1.12. The van der Waals surface area contributed by atoms with Crippen molar-refractivity contribution in [2.24, 2.45) is 0 Å². The van der Waals surface area contributed by atoms with Gasteiger partial charge in [0.05, 0.1) is 5.69 Å². The van der Waals surface area contributed by atoms with E-state index in [2.05, 4.69) is 16.3 Å². The molecule has 1 aromatic rings. The van der Waals surface area contributed by atoms with Crippen LogP contribution < -0.4 is 5.56 Å². The van der Waals surface area contributed by atoms with Crippen LogP contribution in [0.1, 0.15) is 12.6 Å². The first-order chi connectivity index (χ1) is 4.33. The van der Waals surface area contributed by atoms with E-state index in [0.717, 1.165) is 12.1 Å². The lowest BCUT2D eigenvalue weighted by atomic mass is 10.3. The number of hydrogen-bond donors (Lipinski definition) is 1. The van der Waals surface area contributed by atoms with Gasteiger partial charge in [-0.3, -0.25) is 4.79 Å². The molecule has 1 aromatic heterocycles. The molecule has 1 radical (unpaired) electrons. The molecule has 3 nitrogen and oxygen atoms in total. The molecule has 47 valence electrons. The van der Waals surface area contributed by atoms with E-state index < -0.39 is 0 Å². The van der Waals surface area contributed by atoms with Gasteiger partial charge in [0.2, 0.25) is 0 Å². The van der Waals surface area contributed by atoms with Gasteiger partial charge >= 0.3 is 0 Å². The highest BCUT2D eigenvalue weighted by molar-refractivity contribution is 4.95. The molecule has 0 atom stereocenters. The van der Waals surface area contributed by atoms with Crippen molar-refractivity contribution < 1.29 is 0 Å². The molecule has 0 bridgehead atoms. The summed E-state index contributed by atoms with van der Waals surface area (Å²) in [5.74, 6) is 0. The van der Waals surface area contributed by atoms with E-state index in [1.807, 2.05) is 6.92 Å². The molecule has 0 saturated heterocycles. The smallest absolute Gasteiger partial charge is 0.264 e. The molecule has 1 heterocycles. The number of rotatable bonds is 1. The fourth-order valence-electron chi connectivity index (χ4n) is 0.517. The van der Waals surface area contributed by atoms with Gasteiger partial charge in [-0.2, -0.15) is 5.10 Å². The van der Waals surface area contributed by atoms with Crippen molar-refractivity contribution in [3.8, 4) is 0 Å². The predicted molar refractivity (Wildman–Crippen MR) is 33.1 cm³/mol. The minimum Gasteiger partial charge on any atom is -0.268 e. The molecule has 9 heavy (non-hydrogen) atoms. The molecule has 0 aliphatic heterocycles. The Morgan fingerprint density at radius 2 is 2.67 bits per heavy atom. The topological polar surface area (TPSA) is 45.8 Å². The molecule has 0 saturated carbocycles. The fourth-order valence-corrected chi connectivity index (χ4v) is 0.517. The normalized spacial score (nSPS) is 9.44. The second-order valence-corrected chi connectivity index (χ2v) is 1.68. The Balaban J connectivity index is 3.02. The molecular formula is C6H7N2O. The summed E-state index contributed by atoms with van der Waals surface area (Å²) in [6.45, 7) is 1.96. The van der Waals surface area contributed by atoms with Crippen molar-refractivity contribution in [2.75, 3.05) is 0 Å². The second-order valence-electron chi connectivity index (χ2n) is 1.68. The molecular weight excluding hydrogens is 116 g/mol. The predicted octanol–water partition coefficient (Wildman–Crippen LogP) is 0.132. The summed E-state index contributed by atoms with van der Waals surface area (Å²) in [6.07, 6.45) is 0.802. The van der Waals surface area contributed by atoms with Crippen molar-refractivity contribution in [3.05, 3.63) is 28.2 Å². The first-order valence-electron chi connectivity index (χ1n) is 2.79. The van der Waals surface area contributed by atoms with Crippen molar-refractivity contribution in [2.45, 2.75) is 13.3 Å². The van der Waals surface area contributed by atoms with E-state index in [1.54, 1.807) is 0 Å². The number of aryl methyl sites for hydroxylation is 1. The molecule has 0 amide bonds. The van der Waals surface area contributed by atoms with E-state index in [0.29, 0.717) is 0 Å². The summed E-state index contributed by atoms with van der Waals surface area (Å²) in [6, 6.07) is 4.08. The van der Waals surface area contributed by atoms with Gasteiger partial charge in [-0.25, -0.2) is 5.10 Å². The maximum Gasteiger partial charge on any atom is 0.264 e. The first kappa shape index (κ1) is 6.01. The number of H-pyrrole nitrogens is 1. The Labute approximate surface area is 52.7 Å². The molecule has 0 aliphatic rings. The molecule has 1 N–H and O–H groups in total. The van der Waals surface area contributed by atoms with Gasteiger partial charge < -0.3 is 0 Å². The highest BCUT2D eigenvalue weighted by Crippen LogP contribution is 1.85. The molecule has 0 aliphatic carbocycles. The van der Waals surface area contributed by atoms with Crippen LogP contribution in [0, 0.1) is 6.07 Å². The van der Waals surface area contributed by atoms with Crippen LogP contribution in [0.5, 0.6) is 0 Å². The largest absolute Gasteiger partial charge is 0.268 e. The summed E-state index contributed by atoms with van der Waals surface area (Å²) in [5, 5.41) is 6.02. The summed E-state index contributed by atoms with van der Waals surface area (Å²) in [4.78, 5) is 10.4. The zero-order chi connectivity index (χ0) is 6.69. The monoisotopic (exact) mass is 123 g/mol. The van der Waals surface area contributed by atoms with Gasteiger partial charge in [-0.1, -0.05) is 6.92 Å². The third-order valence-electron chi connectivity index (χ3n) is 1.01. The molecule has 0 unspecified atom stereocenters. The highest BCUT2D eigenvalue weighted by atomic mass is 16.1. The lowest BCUT2D eigenvalue weighted by Gasteiger charge is -1.87. The summed E-state index contributed by atoms with van der Waals surface area (Å²) in [7, 11) is 0. The van der Waals surface area contributed by atoms with Crippen LogP contribution in [0.25, 0.3) is 0 Å². The Bertz CT molecular complexity index is 221. The van der Waals surface area contributed by atoms with Crippen molar-refractivity contribution in [1.29, 1.82) is 0 Å². The number of nitrogens with zero attached hydrogens (tertiary/aromatic N) is 1. The van der Waals surface area contributed by atoms with Crippen LogP contribution in [-0.2, 0) is 6.42 Å². The number of hydrogen-bond acceptors (Lipinski definition) is 2. The summed E-state index contributed by atoms with van der Waals surface area (Å²) in [5.41, 5.74) is 0.585. The van der Waals surface area contributed by atoms with Crippen LogP contribution in [0.15, 0.2) is 10.9 Å². The zero-order valence-corrected chi connectivity index (χ0v) is 5.14. The van der Waals surface area contributed by atoms with Gasteiger partial charge in [-0.05, 0) is 6.42 Å². The standard InChI is InChI=1S/C6H7N2O/c1-2-5-3-4-6(9)8-7-5/h4H,2H2,1H3,(H,8,9). The Morgan fingerprint density at radius 3 is 3.11 bits per heavy atom. The third kappa shape index (κ3) is 1.38. The maximum atomic E-state index is 10.4. The molecule has 3 heteroatoms. The van der Waals surface area contributed by atoms with Gasteiger partial charge in [0, 0.05) is 12.1 Å². The van der Waals surface area contributed by atoms with Crippen LogP contribution in [0.2, 0.25) is 0 Å². The highest BCUT2D eigenvalue weighted by Gasteiger charge is 1.87. The van der Waals surface area contributed by atoms with Gasteiger partial charge in [0.25, 0.3) is 5.56 Å². The van der Waals surface area contributed by atoms with E-state index in [1.165, 1.54) is 6.07 Å². The average molecular weight is 123 g/mol. The van der Waals surface area contributed by atoms with Crippen molar-refractivity contribution in [3.63, 3.8) is 0 Å². The van der Waals surface area contributed by atoms with E-state index >= 15 is 0 Å². The van der Waals surface area contributed by atoms with Gasteiger partial charge in [0.1, 0.15) is 0 Å². The molecule has 0 spiro atoms. The molecule has 1 rings (SSSR count). The van der Waals surface area contributed by atoms with E-state index in [4.69, 9.17) is 0 Å².